The molecule has 0 spiro atoms. The van der Waals surface area contributed by atoms with Gasteiger partial charge in [0, 0.05) is 0 Å². The average Bonchev–Trinajstić information content (AvgIpc) is 2.53. The lowest BCUT2D eigenvalue weighted by Gasteiger charge is -2.22. The molecule has 6 heteroatoms. The van der Waals surface area contributed by atoms with Crippen LogP contribution in [0.15, 0.2) is 59.5 Å². The Morgan fingerprint density at radius 1 is 1.04 bits per heavy atom. The van der Waals surface area contributed by atoms with E-state index >= 15 is 0 Å². The second-order valence-corrected chi connectivity index (χ2v) is 8.04. The van der Waals surface area contributed by atoms with Gasteiger partial charge < -0.3 is 0 Å². The molecule has 0 fully saturated rings. The first-order valence-electron chi connectivity index (χ1n) is 7.10. The Bertz CT molecular complexity index is 773. The number of sulfonamides is 1. The van der Waals surface area contributed by atoms with Crippen LogP contribution in [0, 0.1) is 6.92 Å². The van der Waals surface area contributed by atoms with Gasteiger partial charge in [-0.2, -0.15) is 4.72 Å². The van der Waals surface area contributed by atoms with Crippen molar-refractivity contribution in [2.45, 2.75) is 29.6 Å². The number of ketones is 1. The Morgan fingerprint density at radius 3 is 2.13 bits per heavy atom. The van der Waals surface area contributed by atoms with Gasteiger partial charge in [0.05, 0.1) is 15.8 Å². The normalized spacial score (nSPS) is 14.2. The molecule has 122 valence electrons. The van der Waals surface area contributed by atoms with Gasteiger partial charge in [-0.25, -0.2) is 8.42 Å². The van der Waals surface area contributed by atoms with E-state index in [-0.39, 0.29) is 10.7 Å². The number of benzene rings is 2. The molecular weight excluding hydrogens is 378 g/mol. The molecule has 0 aliphatic heterocycles. The van der Waals surface area contributed by atoms with E-state index in [0.717, 1.165) is 11.1 Å². The predicted octanol–water partition coefficient (Wildman–Crippen LogP) is 3.37. The molecule has 4 nitrogen and oxygen atoms in total. The number of carbonyl (C=O) groups excluding carboxylic acids is 1. The molecule has 23 heavy (non-hydrogen) atoms. The van der Waals surface area contributed by atoms with Crippen LogP contribution in [0.4, 0.5) is 0 Å². The Kier molecular flexibility index (Phi) is 5.73. The molecule has 2 aromatic carbocycles. The smallest absolute Gasteiger partial charge is 0.241 e. The van der Waals surface area contributed by atoms with E-state index < -0.39 is 20.9 Å². The third-order valence-corrected chi connectivity index (χ3v) is 5.98. The first-order valence-corrected chi connectivity index (χ1v) is 9.49. The van der Waals surface area contributed by atoms with Gasteiger partial charge >= 0.3 is 0 Å². The second-order valence-electron chi connectivity index (χ2n) is 5.34. The fourth-order valence-corrected chi connectivity index (χ4v) is 4.38. The quantitative estimate of drug-likeness (QED) is 0.762. The molecule has 1 N–H and O–H groups in total. The van der Waals surface area contributed by atoms with Crippen LogP contribution in [0.3, 0.4) is 0 Å². The summed E-state index contributed by atoms with van der Waals surface area (Å²) in [4.78, 5) is 11.7. The number of hydrogen-bond acceptors (Lipinski definition) is 3. The van der Waals surface area contributed by atoms with Crippen LogP contribution < -0.4 is 4.72 Å². The Morgan fingerprint density at radius 2 is 1.61 bits per heavy atom. The number of Topliss-reactive ketones (excluding diaryl/α,β-unsaturated/α-hetero) is 1. The molecule has 2 atom stereocenters. The van der Waals surface area contributed by atoms with Crippen LogP contribution in [-0.4, -0.2) is 20.2 Å². The monoisotopic (exact) mass is 395 g/mol. The highest BCUT2D eigenvalue weighted by Crippen LogP contribution is 2.28. The van der Waals surface area contributed by atoms with E-state index in [1.54, 1.807) is 12.1 Å². The third kappa shape index (κ3) is 4.50. The first-order chi connectivity index (χ1) is 10.8. The van der Waals surface area contributed by atoms with Gasteiger partial charge in [0.15, 0.2) is 0 Å². The first kappa shape index (κ1) is 17.8. The highest BCUT2D eigenvalue weighted by molar-refractivity contribution is 9.09. The number of halogens is 1. The zero-order chi connectivity index (χ0) is 17.0. The van der Waals surface area contributed by atoms with E-state index in [0.29, 0.717) is 0 Å². The molecule has 2 rings (SSSR count). The molecule has 0 saturated carbocycles. The lowest BCUT2D eigenvalue weighted by Crippen LogP contribution is -2.42. The van der Waals surface area contributed by atoms with Crippen molar-refractivity contribution in [1.29, 1.82) is 0 Å². The van der Waals surface area contributed by atoms with Crippen LogP contribution in [0.1, 0.15) is 22.9 Å². The highest BCUT2D eigenvalue weighted by Gasteiger charge is 2.30. The summed E-state index contributed by atoms with van der Waals surface area (Å²) in [6.45, 7) is 3.26. The summed E-state index contributed by atoms with van der Waals surface area (Å²) in [5.74, 6) is -0.258. The molecule has 0 aliphatic rings. The number of carbonyl (C=O) groups is 1. The summed E-state index contributed by atoms with van der Waals surface area (Å²) < 4.78 is 27.5. The van der Waals surface area contributed by atoms with Gasteiger partial charge in [0.25, 0.3) is 0 Å². The predicted molar refractivity (Wildman–Crippen MR) is 94.1 cm³/mol. The maximum absolute atomic E-state index is 12.5. The standard InChI is InChI=1S/C17H18BrNO3S/c1-12-8-10-15(11-9-12)23(21,22)19-17(13(2)20)16(18)14-6-4-3-5-7-14/h3-11,16-17,19H,1-2H3/t16-,17+/m0/s1. The van der Waals surface area contributed by atoms with Gasteiger partial charge in [-0.05, 0) is 31.5 Å². The molecule has 2 aromatic rings. The Balaban J connectivity index is 2.29. The molecule has 0 aromatic heterocycles. The van der Waals surface area contributed by atoms with Crippen molar-refractivity contribution in [3.63, 3.8) is 0 Å². The number of rotatable bonds is 6. The minimum atomic E-state index is -3.78. The minimum Gasteiger partial charge on any atom is -0.298 e. The molecule has 0 saturated heterocycles. The SMILES string of the molecule is CC(=O)[C@@H](NS(=O)(=O)c1ccc(C)cc1)[C@@H](Br)c1ccccc1. The van der Waals surface area contributed by atoms with E-state index in [1.807, 2.05) is 37.3 Å². The zero-order valence-corrected chi connectivity index (χ0v) is 15.3. The lowest BCUT2D eigenvalue weighted by atomic mass is 10.0. The fraction of sp³-hybridized carbons (Fsp3) is 0.235. The van der Waals surface area contributed by atoms with Crippen molar-refractivity contribution < 1.29 is 13.2 Å². The van der Waals surface area contributed by atoms with Crippen LogP contribution in [0.2, 0.25) is 0 Å². The summed E-state index contributed by atoms with van der Waals surface area (Å²) >= 11 is 3.44. The van der Waals surface area contributed by atoms with Crippen LogP contribution >= 0.6 is 15.9 Å². The van der Waals surface area contributed by atoms with E-state index in [1.165, 1.54) is 19.1 Å². The summed E-state index contributed by atoms with van der Waals surface area (Å²) in [6.07, 6.45) is 0. The lowest BCUT2D eigenvalue weighted by molar-refractivity contribution is -0.118. The van der Waals surface area contributed by atoms with E-state index in [9.17, 15) is 13.2 Å². The largest absolute Gasteiger partial charge is 0.298 e. The molecule has 0 unspecified atom stereocenters. The van der Waals surface area contributed by atoms with E-state index in [4.69, 9.17) is 0 Å². The summed E-state index contributed by atoms with van der Waals surface area (Å²) in [5.41, 5.74) is 1.80. The molecule has 0 bridgehead atoms. The van der Waals surface area contributed by atoms with Gasteiger partial charge in [-0.15, -0.1) is 0 Å². The number of alkyl halides is 1. The molecule has 0 aliphatic carbocycles. The van der Waals surface area contributed by atoms with Gasteiger partial charge in [-0.1, -0.05) is 64.0 Å². The topological polar surface area (TPSA) is 63.2 Å². The number of hydrogen-bond donors (Lipinski definition) is 1. The molecular formula is C17H18BrNO3S. The van der Waals surface area contributed by atoms with Gasteiger partial charge in [0.2, 0.25) is 10.0 Å². The Hall–Kier alpha value is -1.50. The summed E-state index contributed by atoms with van der Waals surface area (Å²) in [7, 11) is -3.78. The summed E-state index contributed by atoms with van der Waals surface area (Å²) in [5, 5.41) is 0. The molecule has 0 amide bonds. The van der Waals surface area contributed by atoms with Gasteiger partial charge in [0.1, 0.15) is 5.78 Å². The minimum absolute atomic E-state index is 0.141. The van der Waals surface area contributed by atoms with Crippen LogP contribution in [-0.2, 0) is 14.8 Å². The third-order valence-electron chi connectivity index (χ3n) is 3.46. The number of aryl methyl sites for hydroxylation is 1. The maximum atomic E-state index is 12.5. The summed E-state index contributed by atoms with van der Waals surface area (Å²) in [6, 6.07) is 14.9. The van der Waals surface area contributed by atoms with E-state index in [2.05, 4.69) is 20.7 Å². The van der Waals surface area contributed by atoms with Crippen molar-refractivity contribution >= 4 is 31.7 Å². The number of nitrogens with one attached hydrogen (secondary N) is 1. The zero-order valence-electron chi connectivity index (χ0n) is 12.9. The highest BCUT2D eigenvalue weighted by atomic mass is 79.9. The van der Waals surface area contributed by atoms with Crippen molar-refractivity contribution in [2.75, 3.05) is 0 Å². The van der Waals surface area contributed by atoms with Crippen molar-refractivity contribution in [3.05, 3.63) is 65.7 Å². The molecule has 0 radical (unpaired) electrons. The van der Waals surface area contributed by atoms with Crippen LogP contribution in [0.5, 0.6) is 0 Å². The van der Waals surface area contributed by atoms with Crippen molar-refractivity contribution in [3.8, 4) is 0 Å². The Labute approximate surface area is 145 Å². The van der Waals surface area contributed by atoms with Crippen molar-refractivity contribution in [2.24, 2.45) is 0 Å². The van der Waals surface area contributed by atoms with Crippen LogP contribution in [0.25, 0.3) is 0 Å². The average molecular weight is 396 g/mol. The fourth-order valence-electron chi connectivity index (χ4n) is 2.13. The second kappa shape index (κ2) is 7.38. The van der Waals surface area contributed by atoms with Gasteiger partial charge in [-0.3, -0.25) is 4.79 Å². The molecule has 0 heterocycles. The maximum Gasteiger partial charge on any atom is 0.241 e. The van der Waals surface area contributed by atoms with Crippen molar-refractivity contribution in [1.82, 2.24) is 4.72 Å².